The van der Waals surface area contributed by atoms with Crippen molar-refractivity contribution in [2.75, 3.05) is 32.1 Å². The Labute approximate surface area is 189 Å². The van der Waals surface area contributed by atoms with Gasteiger partial charge in [0.2, 0.25) is 11.8 Å². The van der Waals surface area contributed by atoms with E-state index in [-0.39, 0.29) is 12.6 Å². The number of methoxy groups -OCH3 is 1. The number of alkyl halides is 2. The second-order valence-corrected chi connectivity index (χ2v) is 8.49. The molecular weight excluding hydrogens is 428 g/mol. The first kappa shape index (κ1) is 21.4. The van der Waals surface area contributed by atoms with Crippen LogP contribution < -0.4 is 10.1 Å². The van der Waals surface area contributed by atoms with Crippen LogP contribution in [0.3, 0.4) is 0 Å². The molecule has 4 aromatic rings. The van der Waals surface area contributed by atoms with Crippen molar-refractivity contribution in [3.63, 3.8) is 0 Å². The van der Waals surface area contributed by atoms with Gasteiger partial charge in [0.05, 0.1) is 24.7 Å². The summed E-state index contributed by atoms with van der Waals surface area (Å²) in [6, 6.07) is 7.99. The molecule has 172 valence electrons. The highest BCUT2D eigenvalue weighted by Gasteiger charge is 2.28. The van der Waals surface area contributed by atoms with Gasteiger partial charge in [0.25, 0.3) is 5.92 Å². The van der Waals surface area contributed by atoms with Gasteiger partial charge in [-0.15, -0.1) is 5.10 Å². The number of nitrogens with zero attached hydrogens (tertiary/aromatic N) is 6. The third-order valence-electron chi connectivity index (χ3n) is 5.87. The fourth-order valence-electron chi connectivity index (χ4n) is 4.37. The van der Waals surface area contributed by atoms with Crippen LogP contribution in [0.15, 0.2) is 42.9 Å². The molecule has 0 aliphatic carbocycles. The molecule has 0 atom stereocenters. The van der Waals surface area contributed by atoms with E-state index in [9.17, 15) is 8.78 Å². The van der Waals surface area contributed by atoms with Crippen LogP contribution in [0.25, 0.3) is 27.7 Å². The number of nitrogens with one attached hydrogen (secondary N) is 1. The predicted molar refractivity (Wildman–Crippen MR) is 122 cm³/mol. The van der Waals surface area contributed by atoms with Crippen molar-refractivity contribution in [3.05, 3.63) is 42.9 Å². The lowest BCUT2D eigenvalue weighted by Crippen LogP contribution is -2.43. The molecule has 1 aromatic carbocycles. The highest BCUT2D eigenvalue weighted by Crippen LogP contribution is 2.32. The molecule has 0 radical (unpaired) electrons. The molecule has 1 N–H and O–H groups in total. The molecule has 1 aliphatic rings. The van der Waals surface area contributed by atoms with Crippen molar-refractivity contribution in [2.45, 2.75) is 31.7 Å². The SMILES string of the molecule is COc1nc(NC2CCN(CC(C)(F)F)CC2)nn2ccc(-c3ccc4nccnc4c3)c12. The van der Waals surface area contributed by atoms with Gasteiger partial charge in [0.1, 0.15) is 5.52 Å². The Bertz CT molecular complexity index is 1280. The summed E-state index contributed by atoms with van der Waals surface area (Å²) in [6.45, 7) is 1.98. The van der Waals surface area contributed by atoms with Crippen molar-refractivity contribution < 1.29 is 13.5 Å². The van der Waals surface area contributed by atoms with Crippen LogP contribution in [0, 0.1) is 0 Å². The minimum absolute atomic E-state index is 0.114. The molecule has 1 aliphatic heterocycles. The third kappa shape index (κ3) is 4.56. The number of aromatic nitrogens is 5. The molecule has 0 unspecified atom stereocenters. The number of fused-ring (bicyclic) bond motifs is 2. The van der Waals surface area contributed by atoms with Crippen molar-refractivity contribution >= 4 is 22.5 Å². The van der Waals surface area contributed by atoms with Gasteiger partial charge in [0.15, 0.2) is 0 Å². The van der Waals surface area contributed by atoms with E-state index < -0.39 is 5.92 Å². The number of hydrogen-bond acceptors (Lipinski definition) is 7. The average molecular weight is 453 g/mol. The van der Waals surface area contributed by atoms with Crippen LogP contribution in [-0.2, 0) is 0 Å². The number of ether oxygens (including phenoxy) is 1. The van der Waals surface area contributed by atoms with Gasteiger partial charge in [-0.3, -0.25) is 14.9 Å². The summed E-state index contributed by atoms with van der Waals surface area (Å²) in [4.78, 5) is 15.1. The van der Waals surface area contributed by atoms with Crippen molar-refractivity contribution in [1.29, 1.82) is 0 Å². The van der Waals surface area contributed by atoms with Gasteiger partial charge in [0, 0.05) is 50.2 Å². The van der Waals surface area contributed by atoms with Crippen LogP contribution in [0.1, 0.15) is 19.8 Å². The Balaban J connectivity index is 1.38. The molecule has 1 fully saturated rings. The van der Waals surface area contributed by atoms with Gasteiger partial charge < -0.3 is 10.1 Å². The van der Waals surface area contributed by atoms with Gasteiger partial charge in [-0.2, -0.15) is 4.98 Å². The molecule has 0 spiro atoms. The van der Waals surface area contributed by atoms with Crippen LogP contribution in [0.2, 0.25) is 0 Å². The Morgan fingerprint density at radius 1 is 1.12 bits per heavy atom. The van der Waals surface area contributed by atoms with Crippen molar-refractivity contribution in [3.8, 4) is 17.0 Å². The maximum absolute atomic E-state index is 13.3. The molecule has 0 amide bonds. The molecule has 33 heavy (non-hydrogen) atoms. The van der Waals surface area contributed by atoms with E-state index in [1.165, 1.54) is 0 Å². The molecule has 8 nitrogen and oxygen atoms in total. The zero-order valence-electron chi connectivity index (χ0n) is 18.5. The Morgan fingerprint density at radius 3 is 2.61 bits per heavy atom. The van der Waals surface area contributed by atoms with Crippen molar-refractivity contribution in [2.24, 2.45) is 0 Å². The summed E-state index contributed by atoms with van der Waals surface area (Å²) in [7, 11) is 1.58. The van der Waals surface area contributed by atoms with Gasteiger partial charge >= 0.3 is 0 Å². The fourth-order valence-corrected chi connectivity index (χ4v) is 4.37. The minimum Gasteiger partial charge on any atom is -0.479 e. The maximum atomic E-state index is 13.3. The van der Waals surface area contributed by atoms with E-state index in [1.54, 1.807) is 28.9 Å². The fraction of sp³-hybridized carbons (Fsp3) is 0.391. The highest BCUT2D eigenvalue weighted by atomic mass is 19.3. The van der Waals surface area contributed by atoms with E-state index in [2.05, 4.69) is 25.4 Å². The zero-order valence-corrected chi connectivity index (χ0v) is 18.5. The topological polar surface area (TPSA) is 80.5 Å². The first-order chi connectivity index (χ1) is 15.9. The van der Waals surface area contributed by atoms with Crippen LogP contribution in [0.4, 0.5) is 14.7 Å². The highest BCUT2D eigenvalue weighted by molar-refractivity contribution is 5.89. The molecule has 1 saturated heterocycles. The normalized spacial score (nSPS) is 15.9. The lowest BCUT2D eigenvalue weighted by molar-refractivity contribution is -0.0193. The largest absolute Gasteiger partial charge is 0.479 e. The standard InChI is InChI=1S/C23H25F2N7O/c1-23(24,25)14-31-10-5-16(6-11-31)28-22-29-21(33-2)20-17(7-12-32(20)30-22)15-3-4-18-19(13-15)27-9-8-26-18/h3-4,7-9,12-13,16H,5-6,10-11,14H2,1-2H3,(H,28,30). The number of halogens is 2. The number of piperidine rings is 1. The Hall–Kier alpha value is -3.40. The molecule has 10 heteroatoms. The summed E-state index contributed by atoms with van der Waals surface area (Å²) >= 11 is 0. The monoisotopic (exact) mass is 453 g/mol. The molecule has 0 saturated carbocycles. The van der Waals surface area contributed by atoms with Crippen LogP contribution >= 0.6 is 0 Å². The molecule has 3 aromatic heterocycles. The smallest absolute Gasteiger partial charge is 0.257 e. The van der Waals surface area contributed by atoms with Gasteiger partial charge in [-0.05, 0) is 36.6 Å². The van der Waals surface area contributed by atoms with Gasteiger partial charge in [-0.25, -0.2) is 13.3 Å². The Morgan fingerprint density at radius 2 is 1.88 bits per heavy atom. The van der Waals surface area contributed by atoms with Gasteiger partial charge in [-0.1, -0.05) is 6.07 Å². The van der Waals surface area contributed by atoms with E-state index in [1.807, 2.05) is 30.5 Å². The van der Waals surface area contributed by atoms with E-state index in [4.69, 9.17) is 4.74 Å². The lowest BCUT2D eigenvalue weighted by Gasteiger charge is -2.33. The minimum atomic E-state index is -2.68. The summed E-state index contributed by atoms with van der Waals surface area (Å²) in [6.07, 6.45) is 6.70. The summed E-state index contributed by atoms with van der Waals surface area (Å²) in [5, 5.41) is 7.97. The second-order valence-electron chi connectivity index (χ2n) is 8.49. The van der Waals surface area contributed by atoms with Crippen LogP contribution in [-0.4, -0.2) is 68.2 Å². The number of anilines is 1. The molecule has 0 bridgehead atoms. The first-order valence-corrected chi connectivity index (χ1v) is 10.9. The summed E-state index contributed by atoms with van der Waals surface area (Å²) in [5.41, 5.74) is 4.28. The van der Waals surface area contributed by atoms with Crippen molar-refractivity contribution in [1.82, 2.24) is 29.5 Å². The number of benzene rings is 1. The number of rotatable bonds is 6. The number of hydrogen-bond donors (Lipinski definition) is 1. The second kappa shape index (κ2) is 8.51. The van der Waals surface area contributed by atoms with E-state index in [0.717, 1.165) is 47.4 Å². The quantitative estimate of drug-likeness (QED) is 0.475. The molecule has 4 heterocycles. The first-order valence-electron chi connectivity index (χ1n) is 10.9. The lowest BCUT2D eigenvalue weighted by atomic mass is 10.0. The van der Waals surface area contributed by atoms with E-state index >= 15 is 0 Å². The maximum Gasteiger partial charge on any atom is 0.257 e. The van der Waals surface area contributed by atoms with Crippen LogP contribution in [0.5, 0.6) is 5.88 Å². The predicted octanol–water partition coefficient (Wildman–Crippen LogP) is 3.88. The van der Waals surface area contributed by atoms with E-state index in [0.29, 0.717) is 24.9 Å². The zero-order chi connectivity index (χ0) is 23.0. The summed E-state index contributed by atoms with van der Waals surface area (Å²) < 4.78 is 33.9. The third-order valence-corrected chi connectivity index (χ3v) is 5.87. The molecule has 5 rings (SSSR count). The molecular formula is C23H25F2N7O. The average Bonchev–Trinajstić information content (AvgIpc) is 3.22. The summed E-state index contributed by atoms with van der Waals surface area (Å²) in [5.74, 6) is -1.77. The number of likely N-dealkylation sites (tertiary alicyclic amines) is 1. The Kier molecular flexibility index (Phi) is 5.53.